The zero-order valence-corrected chi connectivity index (χ0v) is 15.5. The number of hydrogen-bond donors (Lipinski definition) is 2. The SMILES string of the molecule is CCCC(O)CNC(=O)C1CCCN(C(=O)c2cc(C)cc(C)c2)C1. The van der Waals surface area contributed by atoms with Crippen LogP contribution in [0.4, 0.5) is 0 Å². The lowest BCUT2D eigenvalue weighted by Crippen LogP contribution is -2.46. The minimum absolute atomic E-state index is 0.00434. The van der Waals surface area contributed by atoms with E-state index >= 15 is 0 Å². The number of aryl methyl sites for hydroxylation is 2. The molecule has 0 radical (unpaired) electrons. The number of nitrogens with zero attached hydrogens (tertiary/aromatic N) is 1. The number of nitrogens with one attached hydrogen (secondary N) is 1. The van der Waals surface area contributed by atoms with E-state index in [0.29, 0.717) is 25.1 Å². The lowest BCUT2D eigenvalue weighted by molar-refractivity contribution is -0.126. The first-order chi connectivity index (χ1) is 11.9. The molecule has 2 atom stereocenters. The maximum atomic E-state index is 12.8. The van der Waals surface area contributed by atoms with Crippen molar-refractivity contribution in [1.82, 2.24) is 10.2 Å². The van der Waals surface area contributed by atoms with E-state index in [9.17, 15) is 14.7 Å². The average Bonchev–Trinajstić information content (AvgIpc) is 2.58. The van der Waals surface area contributed by atoms with Gasteiger partial charge < -0.3 is 15.3 Å². The van der Waals surface area contributed by atoms with E-state index < -0.39 is 6.10 Å². The molecule has 1 aromatic carbocycles. The standard InChI is InChI=1S/C20H30N2O3/c1-4-6-18(23)12-21-19(24)16-7-5-8-22(13-16)20(25)17-10-14(2)9-15(3)11-17/h9-11,16,18,23H,4-8,12-13H2,1-3H3,(H,21,24). The molecule has 5 nitrogen and oxygen atoms in total. The van der Waals surface area contributed by atoms with Gasteiger partial charge in [0, 0.05) is 25.2 Å². The molecule has 1 fully saturated rings. The van der Waals surface area contributed by atoms with Crippen molar-refractivity contribution in [3.8, 4) is 0 Å². The van der Waals surface area contributed by atoms with E-state index in [1.165, 1.54) is 0 Å². The third kappa shape index (κ3) is 5.56. The Kier molecular flexibility index (Phi) is 7.00. The van der Waals surface area contributed by atoms with Crippen LogP contribution >= 0.6 is 0 Å². The Balaban J connectivity index is 1.95. The van der Waals surface area contributed by atoms with E-state index in [4.69, 9.17) is 0 Å². The Morgan fingerprint density at radius 3 is 2.60 bits per heavy atom. The lowest BCUT2D eigenvalue weighted by Gasteiger charge is -2.32. The van der Waals surface area contributed by atoms with Gasteiger partial charge in [-0.1, -0.05) is 30.5 Å². The molecule has 2 amide bonds. The van der Waals surface area contributed by atoms with E-state index in [-0.39, 0.29) is 24.3 Å². The molecule has 25 heavy (non-hydrogen) atoms. The van der Waals surface area contributed by atoms with Crippen molar-refractivity contribution in [2.75, 3.05) is 19.6 Å². The number of carbonyl (C=O) groups is 2. The van der Waals surface area contributed by atoms with Crippen molar-refractivity contribution in [3.05, 3.63) is 34.9 Å². The fourth-order valence-corrected chi connectivity index (χ4v) is 3.45. The number of aliphatic hydroxyl groups is 1. The number of rotatable bonds is 6. The van der Waals surface area contributed by atoms with Gasteiger partial charge in [-0.05, 0) is 45.2 Å². The van der Waals surface area contributed by atoms with Crippen LogP contribution in [0.25, 0.3) is 0 Å². The Bertz CT molecular complexity index is 595. The maximum Gasteiger partial charge on any atom is 0.253 e. The minimum Gasteiger partial charge on any atom is -0.391 e. The first kappa shape index (κ1) is 19.4. The molecule has 138 valence electrons. The molecule has 0 bridgehead atoms. The van der Waals surface area contributed by atoms with Crippen LogP contribution in [-0.2, 0) is 4.79 Å². The fourth-order valence-electron chi connectivity index (χ4n) is 3.45. The van der Waals surface area contributed by atoms with Gasteiger partial charge in [-0.25, -0.2) is 0 Å². The zero-order chi connectivity index (χ0) is 18.4. The summed E-state index contributed by atoms with van der Waals surface area (Å²) in [5.41, 5.74) is 2.83. The Hall–Kier alpha value is -1.88. The van der Waals surface area contributed by atoms with Crippen molar-refractivity contribution in [2.24, 2.45) is 5.92 Å². The molecular formula is C20H30N2O3. The summed E-state index contributed by atoms with van der Waals surface area (Å²) in [7, 11) is 0. The monoisotopic (exact) mass is 346 g/mol. The van der Waals surface area contributed by atoms with Crippen LogP contribution in [-0.4, -0.2) is 47.6 Å². The smallest absolute Gasteiger partial charge is 0.253 e. The van der Waals surface area contributed by atoms with Crippen LogP contribution in [0.15, 0.2) is 18.2 Å². The van der Waals surface area contributed by atoms with Crippen molar-refractivity contribution >= 4 is 11.8 Å². The average molecular weight is 346 g/mol. The molecule has 1 aromatic rings. The van der Waals surface area contributed by atoms with Crippen LogP contribution in [0.1, 0.15) is 54.1 Å². The quantitative estimate of drug-likeness (QED) is 0.831. The van der Waals surface area contributed by atoms with E-state index in [2.05, 4.69) is 5.32 Å². The molecule has 2 N–H and O–H groups in total. The Morgan fingerprint density at radius 2 is 1.96 bits per heavy atom. The number of benzene rings is 1. The topological polar surface area (TPSA) is 69.6 Å². The third-order valence-corrected chi connectivity index (χ3v) is 4.68. The summed E-state index contributed by atoms with van der Waals surface area (Å²) in [6, 6.07) is 5.85. The van der Waals surface area contributed by atoms with Crippen LogP contribution in [0.3, 0.4) is 0 Å². The number of carbonyl (C=O) groups excluding carboxylic acids is 2. The second kappa shape index (κ2) is 8.99. The first-order valence-electron chi connectivity index (χ1n) is 9.24. The number of likely N-dealkylation sites (tertiary alicyclic amines) is 1. The molecule has 2 unspecified atom stereocenters. The first-order valence-corrected chi connectivity index (χ1v) is 9.24. The summed E-state index contributed by atoms with van der Waals surface area (Å²) in [6.45, 7) is 7.39. The molecule has 2 rings (SSSR count). The van der Waals surface area contributed by atoms with Gasteiger partial charge >= 0.3 is 0 Å². The van der Waals surface area contributed by atoms with Crippen LogP contribution in [0, 0.1) is 19.8 Å². The molecule has 1 aliphatic heterocycles. The normalized spacial score (nSPS) is 18.7. The summed E-state index contributed by atoms with van der Waals surface area (Å²) < 4.78 is 0. The van der Waals surface area contributed by atoms with E-state index in [1.54, 1.807) is 4.90 Å². The fraction of sp³-hybridized carbons (Fsp3) is 0.600. The lowest BCUT2D eigenvalue weighted by atomic mass is 9.96. The van der Waals surface area contributed by atoms with Gasteiger partial charge in [0.1, 0.15) is 0 Å². The Labute approximate surface area is 150 Å². The van der Waals surface area contributed by atoms with E-state index in [1.807, 2.05) is 39.0 Å². The minimum atomic E-state index is -0.495. The maximum absolute atomic E-state index is 12.8. The number of aliphatic hydroxyl groups excluding tert-OH is 1. The Morgan fingerprint density at radius 1 is 1.28 bits per heavy atom. The molecule has 5 heteroatoms. The molecular weight excluding hydrogens is 316 g/mol. The number of hydrogen-bond acceptors (Lipinski definition) is 3. The molecule has 0 saturated carbocycles. The van der Waals surface area contributed by atoms with Gasteiger partial charge in [-0.2, -0.15) is 0 Å². The second-order valence-corrected chi connectivity index (χ2v) is 7.15. The predicted octanol–water partition coefficient (Wildman–Crippen LogP) is 2.43. The highest BCUT2D eigenvalue weighted by atomic mass is 16.3. The predicted molar refractivity (Wildman–Crippen MR) is 98.5 cm³/mol. The van der Waals surface area contributed by atoms with Gasteiger partial charge in [-0.3, -0.25) is 9.59 Å². The number of amides is 2. The highest BCUT2D eigenvalue weighted by Crippen LogP contribution is 2.20. The molecule has 1 heterocycles. The van der Waals surface area contributed by atoms with Crippen molar-refractivity contribution in [3.63, 3.8) is 0 Å². The molecule has 0 spiro atoms. The molecule has 0 aromatic heterocycles. The summed E-state index contributed by atoms with van der Waals surface area (Å²) in [4.78, 5) is 26.9. The molecule has 1 aliphatic rings. The second-order valence-electron chi connectivity index (χ2n) is 7.15. The summed E-state index contributed by atoms with van der Waals surface area (Å²) in [5, 5.41) is 12.6. The van der Waals surface area contributed by atoms with Gasteiger partial charge in [0.15, 0.2) is 0 Å². The van der Waals surface area contributed by atoms with Crippen LogP contribution < -0.4 is 5.32 Å². The molecule has 0 aliphatic carbocycles. The highest BCUT2D eigenvalue weighted by Gasteiger charge is 2.29. The molecule has 1 saturated heterocycles. The van der Waals surface area contributed by atoms with Gasteiger partial charge in [0.2, 0.25) is 5.91 Å². The van der Waals surface area contributed by atoms with Crippen molar-refractivity contribution < 1.29 is 14.7 Å². The van der Waals surface area contributed by atoms with Gasteiger partial charge in [-0.15, -0.1) is 0 Å². The highest BCUT2D eigenvalue weighted by molar-refractivity contribution is 5.95. The van der Waals surface area contributed by atoms with Gasteiger partial charge in [0.05, 0.1) is 12.0 Å². The third-order valence-electron chi connectivity index (χ3n) is 4.68. The van der Waals surface area contributed by atoms with Crippen LogP contribution in [0.5, 0.6) is 0 Å². The largest absolute Gasteiger partial charge is 0.391 e. The van der Waals surface area contributed by atoms with Crippen LogP contribution in [0.2, 0.25) is 0 Å². The van der Waals surface area contributed by atoms with Crippen molar-refractivity contribution in [2.45, 2.75) is 52.6 Å². The number of piperidine rings is 1. The van der Waals surface area contributed by atoms with E-state index in [0.717, 1.165) is 30.4 Å². The summed E-state index contributed by atoms with van der Waals surface area (Å²) in [5.74, 6) is -0.263. The van der Waals surface area contributed by atoms with Crippen molar-refractivity contribution in [1.29, 1.82) is 0 Å². The summed E-state index contributed by atoms with van der Waals surface area (Å²) in [6.07, 6.45) is 2.69. The summed E-state index contributed by atoms with van der Waals surface area (Å²) >= 11 is 0. The van der Waals surface area contributed by atoms with Gasteiger partial charge in [0.25, 0.3) is 5.91 Å². The zero-order valence-electron chi connectivity index (χ0n) is 15.5.